The summed E-state index contributed by atoms with van der Waals surface area (Å²) in [7, 11) is 1.90. The van der Waals surface area contributed by atoms with E-state index in [0.29, 0.717) is 17.0 Å². The van der Waals surface area contributed by atoms with Gasteiger partial charge in [0.15, 0.2) is 0 Å². The summed E-state index contributed by atoms with van der Waals surface area (Å²) >= 11 is 0.300. The van der Waals surface area contributed by atoms with E-state index in [1.165, 1.54) is 22.3 Å². The maximum absolute atomic E-state index is 12.7. The number of anilines is 1. The lowest BCUT2D eigenvalue weighted by Crippen LogP contribution is -2.04. The van der Waals surface area contributed by atoms with Crippen molar-refractivity contribution in [3.63, 3.8) is 0 Å². The average molecular weight is 410 g/mol. The van der Waals surface area contributed by atoms with Crippen molar-refractivity contribution in [2.75, 3.05) is 12.4 Å². The molecule has 2 aromatic carbocycles. The van der Waals surface area contributed by atoms with Gasteiger partial charge in [-0.3, -0.25) is 5.10 Å². The van der Waals surface area contributed by atoms with Gasteiger partial charge in [0.1, 0.15) is 5.82 Å². The Morgan fingerprint density at radius 3 is 2.41 bits per heavy atom. The fourth-order valence-electron chi connectivity index (χ4n) is 3.85. The molecular weight excluding hydrogens is 381 g/mol. The second-order valence-corrected chi connectivity index (χ2v) is 8.00. The first-order valence-electron chi connectivity index (χ1n) is 9.86. The van der Waals surface area contributed by atoms with Gasteiger partial charge in [-0.25, -0.2) is 0 Å². The fourth-order valence-corrected chi connectivity index (χ4v) is 4.19. The van der Waals surface area contributed by atoms with Gasteiger partial charge < -0.3 is 5.32 Å². The van der Waals surface area contributed by atoms with Crippen molar-refractivity contribution >= 4 is 18.0 Å². The highest BCUT2D eigenvalue weighted by molar-refractivity contribution is 7.94. The van der Waals surface area contributed by atoms with Crippen LogP contribution in [0.25, 0.3) is 0 Å². The van der Waals surface area contributed by atoms with Crippen LogP contribution in [0.3, 0.4) is 0 Å². The maximum Gasteiger partial charge on any atom is 0.125 e. The van der Waals surface area contributed by atoms with Crippen molar-refractivity contribution in [2.45, 2.75) is 43.9 Å². The predicted molar refractivity (Wildman–Crippen MR) is 122 cm³/mol. The standard InChI is InChI=1S/C24H28FN3S/c1-5-6-22(23-15-27-28-24(23)26-4)20-10-9-18(16(2)13-20)7-8-19-11-12-21(29-25)14-17(19)3/h5,9-15,22H,1,6-8H2,2-4H3,(H2,26,27,28). The monoisotopic (exact) mass is 409 g/mol. The number of hydrogen-bond acceptors (Lipinski definition) is 3. The first-order valence-corrected chi connectivity index (χ1v) is 10.6. The number of rotatable bonds is 9. The summed E-state index contributed by atoms with van der Waals surface area (Å²) in [5.41, 5.74) is 7.47. The van der Waals surface area contributed by atoms with Gasteiger partial charge in [-0.2, -0.15) is 8.98 Å². The molecule has 0 bridgehead atoms. The molecule has 0 saturated carbocycles. The molecule has 0 saturated heterocycles. The lowest BCUT2D eigenvalue weighted by atomic mass is 9.87. The van der Waals surface area contributed by atoms with E-state index in [1.54, 1.807) is 0 Å². The Labute approximate surface area is 177 Å². The molecule has 0 fully saturated rings. The van der Waals surface area contributed by atoms with Crippen molar-refractivity contribution in [2.24, 2.45) is 0 Å². The van der Waals surface area contributed by atoms with Crippen LogP contribution in [0.5, 0.6) is 0 Å². The minimum Gasteiger partial charge on any atom is -0.373 e. The van der Waals surface area contributed by atoms with Crippen LogP contribution in [-0.4, -0.2) is 17.2 Å². The zero-order valence-electron chi connectivity index (χ0n) is 17.3. The predicted octanol–water partition coefficient (Wildman–Crippen LogP) is 6.54. The molecule has 0 aliphatic rings. The van der Waals surface area contributed by atoms with Gasteiger partial charge in [-0.05, 0) is 73.1 Å². The number of nitrogens with one attached hydrogen (secondary N) is 2. The third-order valence-corrected chi connectivity index (χ3v) is 5.96. The van der Waals surface area contributed by atoms with Crippen molar-refractivity contribution in [3.05, 3.63) is 88.6 Å². The molecule has 0 aliphatic carbocycles. The van der Waals surface area contributed by atoms with E-state index in [9.17, 15) is 3.89 Å². The normalized spacial score (nSPS) is 12.0. The van der Waals surface area contributed by atoms with Crippen LogP contribution < -0.4 is 5.32 Å². The summed E-state index contributed by atoms with van der Waals surface area (Å²) in [5.74, 6) is 1.17. The zero-order valence-corrected chi connectivity index (χ0v) is 18.1. The molecule has 3 nitrogen and oxygen atoms in total. The van der Waals surface area contributed by atoms with Crippen LogP contribution in [0.1, 0.15) is 45.7 Å². The molecule has 0 spiro atoms. The Hall–Kier alpha value is -2.53. The molecule has 0 aliphatic heterocycles. The molecule has 3 rings (SSSR count). The Morgan fingerprint density at radius 2 is 1.83 bits per heavy atom. The highest BCUT2D eigenvalue weighted by atomic mass is 32.2. The smallest absolute Gasteiger partial charge is 0.125 e. The lowest BCUT2D eigenvalue weighted by Gasteiger charge is -2.18. The number of allylic oxidation sites excluding steroid dienone is 1. The van der Waals surface area contributed by atoms with Crippen LogP contribution in [0.4, 0.5) is 9.70 Å². The molecule has 5 heteroatoms. The van der Waals surface area contributed by atoms with E-state index in [0.717, 1.165) is 36.2 Å². The molecule has 1 aromatic heterocycles. The molecule has 29 heavy (non-hydrogen) atoms. The molecule has 2 N–H and O–H groups in total. The molecule has 0 amide bonds. The van der Waals surface area contributed by atoms with Crippen LogP contribution in [-0.2, 0) is 12.8 Å². The largest absolute Gasteiger partial charge is 0.373 e. The summed E-state index contributed by atoms with van der Waals surface area (Å²) in [6.45, 7) is 8.16. The number of H-pyrrole nitrogens is 1. The third-order valence-electron chi connectivity index (χ3n) is 5.53. The number of halogens is 1. The van der Waals surface area contributed by atoms with E-state index in [-0.39, 0.29) is 5.92 Å². The van der Waals surface area contributed by atoms with E-state index in [2.05, 4.69) is 54.1 Å². The lowest BCUT2D eigenvalue weighted by molar-refractivity contribution is 0.828. The highest BCUT2D eigenvalue weighted by Gasteiger charge is 2.18. The zero-order chi connectivity index (χ0) is 20.8. The van der Waals surface area contributed by atoms with Crippen molar-refractivity contribution in [3.8, 4) is 0 Å². The minimum absolute atomic E-state index is 0.217. The van der Waals surface area contributed by atoms with Crippen LogP contribution in [0.15, 0.2) is 60.1 Å². The summed E-state index contributed by atoms with van der Waals surface area (Å²) in [6, 6.07) is 12.6. The van der Waals surface area contributed by atoms with Crippen molar-refractivity contribution in [1.29, 1.82) is 0 Å². The van der Waals surface area contributed by atoms with Gasteiger partial charge in [-0.15, -0.1) is 6.58 Å². The summed E-state index contributed by atoms with van der Waals surface area (Å²) in [6.07, 6.45) is 6.62. The molecule has 1 unspecified atom stereocenters. The quantitative estimate of drug-likeness (QED) is 0.394. The minimum atomic E-state index is 0.217. The van der Waals surface area contributed by atoms with Gasteiger partial charge in [0.2, 0.25) is 0 Å². The van der Waals surface area contributed by atoms with E-state index in [4.69, 9.17) is 0 Å². The summed E-state index contributed by atoms with van der Waals surface area (Å²) in [5, 5.41) is 10.4. The molecule has 1 atom stereocenters. The number of nitrogens with zero attached hydrogens (tertiary/aromatic N) is 1. The van der Waals surface area contributed by atoms with E-state index >= 15 is 0 Å². The van der Waals surface area contributed by atoms with Gasteiger partial charge in [-0.1, -0.05) is 30.3 Å². The van der Waals surface area contributed by atoms with Gasteiger partial charge >= 0.3 is 0 Å². The van der Waals surface area contributed by atoms with Gasteiger partial charge in [0.25, 0.3) is 0 Å². The van der Waals surface area contributed by atoms with Crippen LogP contribution >= 0.6 is 12.1 Å². The van der Waals surface area contributed by atoms with Crippen molar-refractivity contribution < 1.29 is 3.89 Å². The van der Waals surface area contributed by atoms with Crippen molar-refractivity contribution in [1.82, 2.24) is 10.2 Å². The SMILES string of the molecule is C=CCC(c1ccc(CCc2ccc(SF)cc2C)c(C)c1)c1cn[nH]c1NC. The average Bonchev–Trinajstić information content (AvgIpc) is 3.20. The molecular formula is C24H28FN3S. The van der Waals surface area contributed by atoms with E-state index in [1.807, 2.05) is 37.5 Å². The summed E-state index contributed by atoms with van der Waals surface area (Å²) in [4.78, 5) is 0.667. The number of hydrogen-bond donors (Lipinski definition) is 2. The van der Waals surface area contributed by atoms with Gasteiger partial charge in [0.05, 0.1) is 18.3 Å². The Balaban J connectivity index is 1.79. The highest BCUT2D eigenvalue weighted by Crippen LogP contribution is 2.33. The second kappa shape index (κ2) is 9.79. The number of aromatic amines is 1. The first-order chi connectivity index (χ1) is 14.1. The summed E-state index contributed by atoms with van der Waals surface area (Å²) < 4.78 is 12.7. The number of benzene rings is 2. The molecule has 152 valence electrons. The fraction of sp³-hybridized carbons (Fsp3) is 0.292. The number of aromatic nitrogens is 2. The van der Waals surface area contributed by atoms with Crippen LogP contribution in [0, 0.1) is 13.8 Å². The van der Waals surface area contributed by atoms with Crippen LogP contribution in [0.2, 0.25) is 0 Å². The number of aryl methyl sites for hydroxylation is 4. The maximum atomic E-state index is 12.7. The Bertz CT molecular complexity index is 980. The molecule has 3 aromatic rings. The Morgan fingerprint density at radius 1 is 1.14 bits per heavy atom. The van der Waals surface area contributed by atoms with Gasteiger partial charge in [0, 0.05) is 23.4 Å². The molecule has 1 heterocycles. The Kier molecular flexibility index (Phi) is 7.15. The topological polar surface area (TPSA) is 40.7 Å². The second-order valence-electron chi connectivity index (χ2n) is 7.38. The molecule has 0 radical (unpaired) electrons. The third kappa shape index (κ3) is 4.91. The first kappa shape index (κ1) is 21.2. The van der Waals surface area contributed by atoms with E-state index < -0.39 is 0 Å².